The van der Waals surface area contributed by atoms with Crippen molar-refractivity contribution >= 4 is 35.2 Å². The Labute approximate surface area is 172 Å². The van der Waals surface area contributed by atoms with E-state index in [4.69, 9.17) is 4.74 Å². The van der Waals surface area contributed by atoms with Gasteiger partial charge >= 0.3 is 5.97 Å². The molecule has 2 rings (SSSR count). The summed E-state index contributed by atoms with van der Waals surface area (Å²) in [7, 11) is 1.30. The number of nitrogens with one attached hydrogen (secondary N) is 1. The van der Waals surface area contributed by atoms with Crippen LogP contribution in [0, 0.1) is 5.92 Å². The maximum atomic E-state index is 12.2. The van der Waals surface area contributed by atoms with Crippen molar-refractivity contribution in [3.8, 4) is 0 Å². The second-order valence-corrected chi connectivity index (χ2v) is 7.51. The summed E-state index contributed by atoms with van der Waals surface area (Å²) in [4.78, 5) is 37.9. The molecule has 0 bridgehead atoms. The summed E-state index contributed by atoms with van der Waals surface area (Å²) in [5.74, 6) is -0.172. The number of methoxy groups -OCH3 is 1. The molecular weight excluding hydrogens is 376 g/mol. The Morgan fingerprint density at radius 2 is 1.96 bits per heavy atom. The summed E-state index contributed by atoms with van der Waals surface area (Å²) in [5.41, 5.74) is 0.739. The molecule has 0 spiro atoms. The van der Waals surface area contributed by atoms with E-state index in [1.54, 1.807) is 17.5 Å². The molecule has 2 amide bonds. The molecule has 0 saturated carbocycles. The Morgan fingerprint density at radius 3 is 2.50 bits per heavy atom. The quantitative estimate of drug-likeness (QED) is 0.595. The highest BCUT2D eigenvalue weighted by molar-refractivity contribution is 7.12. The van der Waals surface area contributed by atoms with Crippen molar-refractivity contribution in [2.24, 2.45) is 5.92 Å². The van der Waals surface area contributed by atoms with E-state index in [2.05, 4.69) is 45.8 Å². The van der Waals surface area contributed by atoms with Crippen molar-refractivity contribution in [3.63, 3.8) is 0 Å². The first-order valence-corrected chi connectivity index (χ1v) is 10.0. The van der Waals surface area contributed by atoms with Crippen molar-refractivity contribution in [2.45, 2.75) is 39.7 Å². The summed E-state index contributed by atoms with van der Waals surface area (Å²) >= 11 is 1.29. The van der Waals surface area contributed by atoms with Gasteiger partial charge in [-0.05, 0) is 35.8 Å². The molecule has 0 aromatic carbocycles. The van der Waals surface area contributed by atoms with Gasteiger partial charge in [0, 0.05) is 6.54 Å². The van der Waals surface area contributed by atoms with E-state index in [1.165, 1.54) is 23.3 Å². The highest BCUT2D eigenvalue weighted by Gasteiger charge is 2.34. The lowest BCUT2D eigenvalue weighted by Gasteiger charge is -2.22. The van der Waals surface area contributed by atoms with E-state index in [1.807, 2.05) is 0 Å². The molecule has 1 unspecified atom stereocenters. The molecule has 1 fully saturated rings. The number of esters is 1. The van der Waals surface area contributed by atoms with Crippen LogP contribution in [-0.2, 0) is 14.3 Å². The van der Waals surface area contributed by atoms with Crippen LogP contribution in [0.2, 0.25) is 0 Å². The predicted molar refractivity (Wildman–Crippen MR) is 115 cm³/mol. The van der Waals surface area contributed by atoms with Gasteiger partial charge in [-0.1, -0.05) is 33.4 Å². The monoisotopic (exact) mass is 408 g/mol. The molecule has 1 aliphatic rings. The SMILES string of the molecule is C=C.C=Cc1ccsc1C(=O)NCC(=O)N1CCCC1C(=O)OC.CC(C)C. The van der Waals surface area contributed by atoms with Crippen molar-refractivity contribution in [3.05, 3.63) is 41.6 Å². The lowest BCUT2D eigenvalue weighted by Crippen LogP contribution is -2.45. The zero-order chi connectivity index (χ0) is 21.7. The minimum atomic E-state index is -0.542. The first-order valence-electron chi connectivity index (χ1n) is 9.17. The number of hydrogen-bond donors (Lipinski definition) is 1. The average Bonchev–Trinajstić information content (AvgIpc) is 3.35. The maximum Gasteiger partial charge on any atom is 0.328 e. The third kappa shape index (κ3) is 8.08. The lowest BCUT2D eigenvalue weighted by atomic mass is 10.2. The molecule has 1 aromatic heterocycles. The third-order valence-corrected chi connectivity index (χ3v) is 4.50. The fourth-order valence-electron chi connectivity index (χ4n) is 2.45. The van der Waals surface area contributed by atoms with Crippen LogP contribution >= 0.6 is 11.3 Å². The molecule has 1 aromatic rings. The Kier molecular flexibility index (Phi) is 12.5. The Hall–Kier alpha value is -2.41. The van der Waals surface area contributed by atoms with E-state index in [-0.39, 0.29) is 18.4 Å². The van der Waals surface area contributed by atoms with Gasteiger partial charge in [0.25, 0.3) is 5.91 Å². The molecule has 0 aliphatic carbocycles. The van der Waals surface area contributed by atoms with Crippen LogP contribution in [0.15, 0.2) is 31.2 Å². The zero-order valence-corrected chi connectivity index (χ0v) is 18.1. The second kappa shape index (κ2) is 13.7. The summed E-state index contributed by atoms with van der Waals surface area (Å²) < 4.78 is 4.70. The number of carbonyl (C=O) groups is 3. The van der Waals surface area contributed by atoms with E-state index in [0.717, 1.165) is 17.9 Å². The van der Waals surface area contributed by atoms with E-state index in [0.29, 0.717) is 17.8 Å². The van der Waals surface area contributed by atoms with Crippen LogP contribution in [0.25, 0.3) is 6.08 Å². The fraction of sp³-hybridized carbons (Fsp3) is 0.476. The van der Waals surface area contributed by atoms with Gasteiger partial charge in [-0.2, -0.15) is 0 Å². The van der Waals surface area contributed by atoms with Crippen LogP contribution in [0.5, 0.6) is 0 Å². The number of rotatable bonds is 5. The van der Waals surface area contributed by atoms with E-state index >= 15 is 0 Å². The zero-order valence-electron chi connectivity index (χ0n) is 17.3. The minimum absolute atomic E-state index is 0.138. The van der Waals surface area contributed by atoms with Gasteiger partial charge in [-0.25, -0.2) is 4.79 Å². The van der Waals surface area contributed by atoms with Crippen LogP contribution in [0.4, 0.5) is 0 Å². The first-order chi connectivity index (χ1) is 13.3. The van der Waals surface area contributed by atoms with Gasteiger partial charge in [0.1, 0.15) is 6.04 Å². The highest BCUT2D eigenvalue weighted by atomic mass is 32.1. The number of amides is 2. The average molecular weight is 409 g/mol. The Balaban J connectivity index is 0.00000108. The van der Waals surface area contributed by atoms with Gasteiger partial charge in [0.2, 0.25) is 5.91 Å². The van der Waals surface area contributed by atoms with Gasteiger partial charge in [-0.3, -0.25) is 9.59 Å². The van der Waals surface area contributed by atoms with Crippen LogP contribution in [-0.4, -0.2) is 48.9 Å². The summed E-state index contributed by atoms with van der Waals surface area (Å²) in [6.45, 7) is 16.5. The van der Waals surface area contributed by atoms with Gasteiger partial charge < -0.3 is 15.0 Å². The molecule has 1 atom stereocenters. The maximum absolute atomic E-state index is 12.2. The van der Waals surface area contributed by atoms with Gasteiger partial charge in [0.05, 0.1) is 18.5 Å². The number of ether oxygens (including phenoxy) is 1. The number of nitrogens with zero attached hydrogens (tertiary/aromatic N) is 1. The Morgan fingerprint density at radius 1 is 1.36 bits per heavy atom. The molecule has 6 nitrogen and oxygen atoms in total. The molecule has 1 saturated heterocycles. The topological polar surface area (TPSA) is 75.7 Å². The standard InChI is InChI=1S/C15H18N2O4S.C4H10.C2H4/c1-3-10-6-8-22-13(10)14(19)16-9-12(18)17-7-4-5-11(17)15(20)21-2;1-4(2)3;1-2/h3,6,8,11H,1,4-5,7,9H2,2H3,(H,16,19);4H,1-3H3;1-2H2. The van der Waals surface area contributed by atoms with Crippen molar-refractivity contribution in [2.75, 3.05) is 20.2 Å². The molecule has 1 aliphatic heterocycles. The molecule has 156 valence electrons. The smallest absolute Gasteiger partial charge is 0.328 e. The van der Waals surface area contributed by atoms with Crippen LogP contribution in [0.1, 0.15) is 48.8 Å². The molecule has 7 heteroatoms. The predicted octanol–water partition coefficient (Wildman–Crippen LogP) is 3.75. The van der Waals surface area contributed by atoms with Crippen LogP contribution < -0.4 is 5.32 Å². The largest absolute Gasteiger partial charge is 0.467 e. The van der Waals surface area contributed by atoms with Crippen molar-refractivity contribution in [1.82, 2.24) is 10.2 Å². The number of carbonyl (C=O) groups excluding carboxylic acids is 3. The van der Waals surface area contributed by atoms with E-state index < -0.39 is 12.0 Å². The summed E-state index contributed by atoms with van der Waals surface area (Å²) in [6, 6.07) is 1.25. The third-order valence-electron chi connectivity index (χ3n) is 3.57. The second-order valence-electron chi connectivity index (χ2n) is 6.59. The normalized spacial score (nSPS) is 14.9. The lowest BCUT2D eigenvalue weighted by molar-refractivity contribution is -0.150. The number of likely N-dealkylation sites (tertiary alicyclic amines) is 1. The van der Waals surface area contributed by atoms with Crippen LogP contribution in [0.3, 0.4) is 0 Å². The van der Waals surface area contributed by atoms with Crippen molar-refractivity contribution < 1.29 is 19.1 Å². The first kappa shape index (κ1) is 25.6. The molecule has 0 radical (unpaired) electrons. The van der Waals surface area contributed by atoms with Gasteiger partial charge in [-0.15, -0.1) is 24.5 Å². The van der Waals surface area contributed by atoms with E-state index in [9.17, 15) is 14.4 Å². The molecule has 2 heterocycles. The fourth-order valence-corrected chi connectivity index (χ4v) is 3.27. The van der Waals surface area contributed by atoms with Gasteiger partial charge in [0.15, 0.2) is 0 Å². The Bertz CT molecular complexity index is 652. The number of hydrogen-bond acceptors (Lipinski definition) is 5. The summed E-state index contributed by atoms with van der Waals surface area (Å²) in [6.07, 6.45) is 2.95. The minimum Gasteiger partial charge on any atom is -0.467 e. The molecular formula is C21H32N2O4S. The summed E-state index contributed by atoms with van der Waals surface area (Å²) in [5, 5.41) is 4.39. The highest BCUT2D eigenvalue weighted by Crippen LogP contribution is 2.19. The number of thiophene rings is 1. The molecule has 1 N–H and O–H groups in total. The molecule has 28 heavy (non-hydrogen) atoms. The van der Waals surface area contributed by atoms with Crippen molar-refractivity contribution in [1.29, 1.82) is 0 Å².